The van der Waals surface area contributed by atoms with Crippen LogP contribution in [0.3, 0.4) is 0 Å². The van der Waals surface area contributed by atoms with Gasteiger partial charge in [0.15, 0.2) is 5.75 Å². The third-order valence-corrected chi connectivity index (χ3v) is 4.76. The Kier molecular flexibility index (Phi) is 4.16. The van der Waals surface area contributed by atoms with E-state index in [4.69, 9.17) is 9.47 Å². The van der Waals surface area contributed by atoms with Crippen molar-refractivity contribution < 1.29 is 14.6 Å². The van der Waals surface area contributed by atoms with E-state index in [1.807, 2.05) is 38.4 Å². The van der Waals surface area contributed by atoms with Crippen LogP contribution in [0.2, 0.25) is 0 Å². The molecular formula is C19H22N4O3. The van der Waals surface area contributed by atoms with Crippen molar-refractivity contribution >= 4 is 16.6 Å². The first kappa shape index (κ1) is 16.7. The van der Waals surface area contributed by atoms with E-state index in [1.165, 1.54) is 0 Å². The largest absolute Gasteiger partial charge is 0.494 e. The summed E-state index contributed by atoms with van der Waals surface area (Å²) in [5.41, 5.74) is 2.94. The van der Waals surface area contributed by atoms with Crippen LogP contribution in [0.25, 0.3) is 10.9 Å². The van der Waals surface area contributed by atoms with Gasteiger partial charge in [0.25, 0.3) is 0 Å². The Morgan fingerprint density at radius 1 is 1.23 bits per heavy atom. The van der Waals surface area contributed by atoms with Crippen LogP contribution < -0.4 is 14.4 Å². The molecule has 1 saturated heterocycles. The highest BCUT2D eigenvalue weighted by Gasteiger charge is 2.35. The number of aliphatic hydroxyl groups excluding tert-OH is 1. The molecule has 0 saturated carbocycles. The molecule has 1 aliphatic rings. The molecule has 0 spiro atoms. The summed E-state index contributed by atoms with van der Waals surface area (Å²) < 4.78 is 13.1. The van der Waals surface area contributed by atoms with Crippen molar-refractivity contribution in [1.82, 2.24) is 14.8 Å². The first-order valence-electron chi connectivity index (χ1n) is 8.57. The summed E-state index contributed by atoms with van der Waals surface area (Å²) in [6.07, 6.45) is 4.42. The molecule has 1 aliphatic heterocycles. The van der Waals surface area contributed by atoms with Gasteiger partial charge in [0.2, 0.25) is 0 Å². The Morgan fingerprint density at radius 2 is 2.08 bits per heavy atom. The summed E-state index contributed by atoms with van der Waals surface area (Å²) in [4.78, 5) is 6.69. The second kappa shape index (κ2) is 6.49. The van der Waals surface area contributed by atoms with Gasteiger partial charge in [0, 0.05) is 25.2 Å². The van der Waals surface area contributed by atoms with E-state index in [-0.39, 0.29) is 6.10 Å². The van der Waals surface area contributed by atoms with Crippen LogP contribution >= 0.6 is 0 Å². The Hall–Kier alpha value is -2.80. The average molecular weight is 354 g/mol. The lowest BCUT2D eigenvalue weighted by Crippen LogP contribution is -2.29. The molecule has 0 radical (unpaired) electrons. The fraction of sp³-hybridized carbons (Fsp3) is 0.368. The Morgan fingerprint density at radius 3 is 2.81 bits per heavy atom. The zero-order valence-corrected chi connectivity index (χ0v) is 15.1. The summed E-state index contributed by atoms with van der Waals surface area (Å²) in [5, 5.41) is 15.6. The van der Waals surface area contributed by atoms with Gasteiger partial charge < -0.3 is 19.5 Å². The molecule has 1 N–H and O–H groups in total. The fourth-order valence-electron chi connectivity index (χ4n) is 3.56. The number of ether oxygens (including phenoxy) is 2. The number of aryl methyl sites for hydroxylation is 2. The van der Waals surface area contributed by atoms with Gasteiger partial charge in [0.05, 0.1) is 31.7 Å². The quantitative estimate of drug-likeness (QED) is 0.772. The SMILES string of the molecule is COc1cccc2c(N3C[C@@H](O)[C@H](Oc4cnn(C)c4)C3)c(C)cnc12. The molecule has 3 heterocycles. The van der Waals surface area contributed by atoms with Gasteiger partial charge in [-0.05, 0) is 18.6 Å². The van der Waals surface area contributed by atoms with E-state index in [9.17, 15) is 5.11 Å². The molecule has 1 aromatic carbocycles. The number of hydrogen-bond acceptors (Lipinski definition) is 6. The van der Waals surface area contributed by atoms with Crippen molar-refractivity contribution in [3.63, 3.8) is 0 Å². The zero-order valence-electron chi connectivity index (χ0n) is 15.1. The number of pyridine rings is 1. The van der Waals surface area contributed by atoms with E-state index in [0.29, 0.717) is 18.8 Å². The van der Waals surface area contributed by atoms with Crippen LogP contribution in [0.4, 0.5) is 5.69 Å². The highest BCUT2D eigenvalue weighted by molar-refractivity contribution is 5.96. The number of methoxy groups -OCH3 is 1. The van der Waals surface area contributed by atoms with Crippen molar-refractivity contribution in [2.45, 2.75) is 19.1 Å². The lowest BCUT2D eigenvalue weighted by Gasteiger charge is -2.22. The van der Waals surface area contributed by atoms with E-state index in [0.717, 1.165) is 27.9 Å². The molecule has 136 valence electrons. The average Bonchev–Trinajstić information content (AvgIpc) is 3.20. The van der Waals surface area contributed by atoms with Gasteiger partial charge in [-0.3, -0.25) is 9.67 Å². The molecule has 0 aliphatic carbocycles. The molecule has 0 bridgehead atoms. The molecule has 1 fully saturated rings. The summed E-state index contributed by atoms with van der Waals surface area (Å²) in [6, 6.07) is 5.90. The minimum Gasteiger partial charge on any atom is -0.494 e. The zero-order chi connectivity index (χ0) is 18.3. The minimum absolute atomic E-state index is 0.313. The molecule has 0 unspecified atom stereocenters. The number of nitrogens with zero attached hydrogens (tertiary/aromatic N) is 4. The molecule has 26 heavy (non-hydrogen) atoms. The molecule has 4 rings (SSSR count). The van der Waals surface area contributed by atoms with E-state index in [2.05, 4.69) is 15.0 Å². The smallest absolute Gasteiger partial charge is 0.157 e. The number of benzene rings is 1. The topological polar surface area (TPSA) is 72.6 Å². The van der Waals surface area contributed by atoms with Crippen molar-refractivity contribution in [2.24, 2.45) is 7.05 Å². The maximum absolute atomic E-state index is 10.5. The maximum atomic E-state index is 10.5. The third-order valence-electron chi connectivity index (χ3n) is 4.76. The summed E-state index contributed by atoms with van der Waals surface area (Å²) in [6.45, 7) is 3.12. The molecular weight excluding hydrogens is 332 g/mol. The third kappa shape index (κ3) is 2.84. The fourth-order valence-corrected chi connectivity index (χ4v) is 3.56. The lowest BCUT2D eigenvalue weighted by atomic mass is 10.1. The Bertz CT molecular complexity index is 940. The minimum atomic E-state index is -0.580. The molecule has 7 nitrogen and oxygen atoms in total. The molecule has 0 amide bonds. The van der Waals surface area contributed by atoms with Gasteiger partial charge >= 0.3 is 0 Å². The van der Waals surface area contributed by atoms with E-state index < -0.39 is 6.10 Å². The number of para-hydroxylation sites is 1. The second-order valence-corrected chi connectivity index (χ2v) is 6.62. The monoisotopic (exact) mass is 354 g/mol. The predicted molar refractivity (Wildman–Crippen MR) is 98.9 cm³/mol. The number of aromatic nitrogens is 3. The first-order chi connectivity index (χ1) is 12.6. The van der Waals surface area contributed by atoms with Gasteiger partial charge in [0.1, 0.15) is 23.5 Å². The van der Waals surface area contributed by atoms with Crippen LogP contribution in [0, 0.1) is 6.92 Å². The summed E-state index contributed by atoms with van der Waals surface area (Å²) in [7, 11) is 3.48. The number of aliphatic hydroxyl groups is 1. The van der Waals surface area contributed by atoms with Crippen LogP contribution in [0.15, 0.2) is 36.8 Å². The highest BCUT2D eigenvalue weighted by atomic mass is 16.5. The maximum Gasteiger partial charge on any atom is 0.157 e. The second-order valence-electron chi connectivity index (χ2n) is 6.62. The Balaban J connectivity index is 1.66. The van der Waals surface area contributed by atoms with E-state index in [1.54, 1.807) is 24.2 Å². The number of hydrogen-bond donors (Lipinski definition) is 1. The van der Waals surface area contributed by atoms with Crippen molar-refractivity contribution in [2.75, 3.05) is 25.1 Å². The first-order valence-corrected chi connectivity index (χ1v) is 8.57. The summed E-state index contributed by atoms with van der Waals surface area (Å²) in [5.74, 6) is 1.41. The number of rotatable bonds is 4. The van der Waals surface area contributed by atoms with Crippen molar-refractivity contribution in [1.29, 1.82) is 0 Å². The lowest BCUT2D eigenvalue weighted by molar-refractivity contribution is 0.0737. The molecule has 3 aromatic rings. The summed E-state index contributed by atoms with van der Waals surface area (Å²) >= 11 is 0. The Labute approximate surface area is 151 Å². The van der Waals surface area contributed by atoms with Crippen LogP contribution in [0.5, 0.6) is 11.5 Å². The number of anilines is 1. The standard InChI is InChI=1S/C19H22N4O3/c1-12-7-20-18-14(5-4-6-16(18)25-3)19(12)23-10-15(24)17(11-23)26-13-8-21-22(2)9-13/h4-9,15,17,24H,10-11H2,1-3H3/t15-,17-/m1/s1. The van der Waals surface area contributed by atoms with Crippen molar-refractivity contribution in [3.05, 3.63) is 42.4 Å². The molecule has 2 atom stereocenters. The van der Waals surface area contributed by atoms with E-state index >= 15 is 0 Å². The van der Waals surface area contributed by atoms with Gasteiger partial charge in [-0.1, -0.05) is 12.1 Å². The van der Waals surface area contributed by atoms with Crippen LogP contribution in [-0.4, -0.2) is 52.3 Å². The van der Waals surface area contributed by atoms with Gasteiger partial charge in [-0.25, -0.2) is 0 Å². The van der Waals surface area contributed by atoms with Gasteiger partial charge in [-0.2, -0.15) is 5.10 Å². The molecule has 7 heteroatoms. The predicted octanol–water partition coefficient (Wildman–Crippen LogP) is 1.91. The van der Waals surface area contributed by atoms with Crippen LogP contribution in [0.1, 0.15) is 5.56 Å². The normalized spacial score (nSPS) is 19.9. The molecule has 2 aromatic heterocycles. The number of β-amino-alcohol motifs (C(OH)–C–C–N with tert-alkyl or cyclic N) is 1. The van der Waals surface area contributed by atoms with Crippen LogP contribution in [-0.2, 0) is 7.05 Å². The van der Waals surface area contributed by atoms with Crippen molar-refractivity contribution in [3.8, 4) is 11.5 Å². The highest BCUT2D eigenvalue weighted by Crippen LogP contribution is 2.35. The number of fused-ring (bicyclic) bond motifs is 1. The van der Waals surface area contributed by atoms with Gasteiger partial charge in [-0.15, -0.1) is 0 Å².